The van der Waals surface area contributed by atoms with Gasteiger partial charge in [-0.1, -0.05) is 31.2 Å². The van der Waals surface area contributed by atoms with Crippen LogP contribution in [0.1, 0.15) is 50.2 Å². The molecule has 2 atom stereocenters. The highest BCUT2D eigenvalue weighted by Crippen LogP contribution is 2.32. The van der Waals surface area contributed by atoms with E-state index in [0.717, 1.165) is 12.5 Å². The first-order valence-corrected chi connectivity index (χ1v) is 8.25. The summed E-state index contributed by atoms with van der Waals surface area (Å²) in [4.78, 5) is 2.69. The van der Waals surface area contributed by atoms with Gasteiger partial charge >= 0.3 is 0 Å². The summed E-state index contributed by atoms with van der Waals surface area (Å²) in [6, 6.07) is 9.10. The highest BCUT2D eigenvalue weighted by atomic mass is 15.2. The van der Waals surface area contributed by atoms with Crippen LogP contribution in [0.3, 0.4) is 0 Å². The van der Waals surface area contributed by atoms with Crippen LogP contribution in [0.25, 0.3) is 0 Å². The minimum atomic E-state index is 0.312. The van der Waals surface area contributed by atoms with Crippen molar-refractivity contribution in [1.29, 1.82) is 0 Å². The second-order valence-corrected chi connectivity index (χ2v) is 6.86. The van der Waals surface area contributed by atoms with Crippen molar-refractivity contribution in [3.63, 3.8) is 0 Å². The summed E-state index contributed by atoms with van der Waals surface area (Å²) in [5, 5.41) is 3.69. The van der Waals surface area contributed by atoms with Crippen LogP contribution < -0.4 is 5.32 Å². The second-order valence-electron chi connectivity index (χ2n) is 6.86. The molecule has 2 heteroatoms. The van der Waals surface area contributed by atoms with Gasteiger partial charge in [-0.05, 0) is 49.7 Å². The molecule has 2 nitrogen and oxygen atoms in total. The van der Waals surface area contributed by atoms with Gasteiger partial charge in [0, 0.05) is 31.7 Å². The topological polar surface area (TPSA) is 15.3 Å². The Bertz CT molecular complexity index is 456. The molecule has 0 radical (unpaired) electrons. The van der Waals surface area contributed by atoms with E-state index in [1.165, 1.54) is 45.3 Å². The van der Waals surface area contributed by atoms with Crippen molar-refractivity contribution in [2.45, 2.75) is 51.0 Å². The Morgan fingerprint density at radius 1 is 1.35 bits per heavy atom. The van der Waals surface area contributed by atoms with Gasteiger partial charge < -0.3 is 5.32 Å². The molecular weight excluding hydrogens is 244 g/mol. The van der Waals surface area contributed by atoms with Gasteiger partial charge in [-0.15, -0.1) is 0 Å². The smallest absolute Gasteiger partial charge is 0.0278 e. The number of aryl methyl sites for hydroxylation is 1. The summed E-state index contributed by atoms with van der Waals surface area (Å²) in [5.41, 5.74) is 3.53. The van der Waals surface area contributed by atoms with Crippen LogP contribution in [-0.2, 0) is 6.42 Å². The van der Waals surface area contributed by atoms with Gasteiger partial charge in [0.1, 0.15) is 0 Å². The molecule has 1 N–H and O–H groups in total. The van der Waals surface area contributed by atoms with Crippen LogP contribution >= 0.6 is 0 Å². The van der Waals surface area contributed by atoms with Gasteiger partial charge in [-0.2, -0.15) is 0 Å². The summed E-state index contributed by atoms with van der Waals surface area (Å²) >= 11 is 0. The fourth-order valence-corrected chi connectivity index (χ4v) is 3.89. The maximum atomic E-state index is 3.69. The third-order valence-electron chi connectivity index (χ3n) is 5.30. The van der Waals surface area contributed by atoms with Crippen LogP contribution in [-0.4, -0.2) is 36.6 Å². The van der Waals surface area contributed by atoms with E-state index in [0.29, 0.717) is 5.54 Å². The lowest BCUT2D eigenvalue weighted by Gasteiger charge is -2.43. The number of hydrogen-bond acceptors (Lipinski definition) is 2. The van der Waals surface area contributed by atoms with Crippen molar-refractivity contribution in [3.05, 3.63) is 35.4 Å². The third kappa shape index (κ3) is 2.91. The standard InChI is InChI=1S/C18H28N2/c1-3-18(2)14-20(12-11-19-18)13-16-9-6-8-15-7-4-5-10-17(15)16/h4-5,7,10,16,19H,3,6,8-9,11-14H2,1-2H3. The van der Waals surface area contributed by atoms with Gasteiger partial charge in [-0.25, -0.2) is 0 Å². The van der Waals surface area contributed by atoms with Gasteiger partial charge in [0.15, 0.2) is 0 Å². The highest BCUT2D eigenvalue weighted by Gasteiger charge is 2.30. The zero-order chi connectivity index (χ0) is 14.0. The molecule has 1 aliphatic heterocycles. The number of hydrogen-bond donors (Lipinski definition) is 1. The molecule has 3 rings (SSSR count). The number of fused-ring (bicyclic) bond motifs is 1. The van der Waals surface area contributed by atoms with Crippen LogP contribution in [0.15, 0.2) is 24.3 Å². The largest absolute Gasteiger partial charge is 0.309 e. The van der Waals surface area contributed by atoms with Crippen LogP contribution in [0.2, 0.25) is 0 Å². The fourth-order valence-electron chi connectivity index (χ4n) is 3.89. The summed E-state index contributed by atoms with van der Waals surface area (Å²) in [5.74, 6) is 0.749. The number of rotatable bonds is 3. The molecule has 2 aliphatic rings. The molecule has 110 valence electrons. The molecule has 0 saturated carbocycles. The predicted molar refractivity (Wildman–Crippen MR) is 85.3 cm³/mol. The van der Waals surface area contributed by atoms with Gasteiger partial charge in [0.05, 0.1) is 0 Å². The molecule has 0 amide bonds. The normalized spacial score (nSPS) is 31.0. The number of nitrogens with one attached hydrogen (secondary N) is 1. The van der Waals surface area contributed by atoms with Gasteiger partial charge in [-0.3, -0.25) is 4.90 Å². The zero-order valence-electron chi connectivity index (χ0n) is 13.0. The lowest BCUT2D eigenvalue weighted by Crippen LogP contribution is -2.58. The van der Waals surface area contributed by atoms with Crippen LogP contribution in [0.5, 0.6) is 0 Å². The molecule has 1 heterocycles. The van der Waals surface area contributed by atoms with E-state index >= 15 is 0 Å². The minimum absolute atomic E-state index is 0.312. The first-order valence-electron chi connectivity index (χ1n) is 8.25. The summed E-state index contributed by atoms with van der Waals surface area (Å²) in [6.45, 7) is 9.45. The van der Waals surface area contributed by atoms with E-state index in [-0.39, 0.29) is 0 Å². The molecule has 1 fully saturated rings. The first kappa shape index (κ1) is 14.1. The van der Waals surface area contributed by atoms with Crippen molar-refractivity contribution in [3.8, 4) is 0 Å². The van der Waals surface area contributed by atoms with Gasteiger partial charge in [0.2, 0.25) is 0 Å². The Kier molecular flexibility index (Phi) is 4.13. The predicted octanol–water partition coefficient (Wildman–Crippen LogP) is 3.18. The average Bonchev–Trinajstić information content (AvgIpc) is 2.48. The third-order valence-corrected chi connectivity index (χ3v) is 5.30. The molecule has 1 saturated heterocycles. The molecule has 1 aliphatic carbocycles. The maximum absolute atomic E-state index is 3.69. The summed E-state index contributed by atoms with van der Waals surface area (Å²) in [7, 11) is 0. The molecule has 0 aromatic heterocycles. The summed E-state index contributed by atoms with van der Waals surface area (Å²) in [6.07, 6.45) is 5.22. The van der Waals surface area contributed by atoms with E-state index in [4.69, 9.17) is 0 Å². The van der Waals surface area contributed by atoms with Crippen LogP contribution in [0.4, 0.5) is 0 Å². The molecule has 0 spiro atoms. The molecule has 1 aromatic carbocycles. The first-order chi connectivity index (χ1) is 9.70. The van der Waals surface area contributed by atoms with E-state index in [9.17, 15) is 0 Å². The minimum Gasteiger partial charge on any atom is -0.309 e. The van der Waals surface area contributed by atoms with Crippen molar-refractivity contribution in [1.82, 2.24) is 10.2 Å². The number of benzene rings is 1. The Morgan fingerprint density at radius 3 is 3.05 bits per heavy atom. The van der Waals surface area contributed by atoms with Crippen molar-refractivity contribution < 1.29 is 0 Å². The van der Waals surface area contributed by atoms with Crippen LogP contribution in [0, 0.1) is 0 Å². The Balaban J connectivity index is 1.70. The van der Waals surface area contributed by atoms with E-state index in [2.05, 4.69) is 48.3 Å². The molecule has 2 unspecified atom stereocenters. The zero-order valence-corrected chi connectivity index (χ0v) is 13.0. The Labute approximate surface area is 123 Å². The lowest BCUT2D eigenvalue weighted by molar-refractivity contribution is 0.130. The van der Waals surface area contributed by atoms with E-state index in [1.807, 2.05) is 0 Å². The monoisotopic (exact) mass is 272 g/mol. The quantitative estimate of drug-likeness (QED) is 0.909. The summed E-state index contributed by atoms with van der Waals surface area (Å²) < 4.78 is 0. The van der Waals surface area contributed by atoms with Crippen molar-refractivity contribution in [2.24, 2.45) is 0 Å². The fraction of sp³-hybridized carbons (Fsp3) is 0.667. The number of nitrogens with zero attached hydrogens (tertiary/aromatic N) is 1. The lowest BCUT2D eigenvalue weighted by atomic mass is 9.82. The van der Waals surface area contributed by atoms with Crippen molar-refractivity contribution in [2.75, 3.05) is 26.2 Å². The Morgan fingerprint density at radius 2 is 2.20 bits per heavy atom. The molecule has 20 heavy (non-hydrogen) atoms. The molecule has 1 aromatic rings. The maximum Gasteiger partial charge on any atom is 0.0278 e. The second kappa shape index (κ2) is 5.87. The Hall–Kier alpha value is -0.860. The number of piperazine rings is 1. The van der Waals surface area contributed by atoms with Gasteiger partial charge in [0.25, 0.3) is 0 Å². The molecular formula is C18H28N2. The average molecular weight is 272 g/mol. The van der Waals surface area contributed by atoms with Crippen molar-refractivity contribution >= 4 is 0 Å². The van der Waals surface area contributed by atoms with E-state index < -0.39 is 0 Å². The SMILES string of the molecule is CCC1(C)CN(CC2CCCc3ccccc32)CCN1. The highest BCUT2D eigenvalue weighted by molar-refractivity contribution is 5.32. The van der Waals surface area contributed by atoms with E-state index in [1.54, 1.807) is 11.1 Å². The molecule has 0 bridgehead atoms.